The maximum atomic E-state index is 11.8. The lowest BCUT2D eigenvalue weighted by Crippen LogP contribution is -2.17. The Bertz CT molecular complexity index is 576. The largest absolute Gasteiger partial charge is 0.309 e. The van der Waals surface area contributed by atoms with Gasteiger partial charge in [0, 0.05) is 11.5 Å². The Hall–Kier alpha value is -1.17. The van der Waals surface area contributed by atoms with Crippen LogP contribution >= 0.6 is 22.6 Å². The topological polar surface area (TPSA) is 45.8 Å². The van der Waals surface area contributed by atoms with Crippen molar-refractivity contribution >= 4 is 22.6 Å². The second-order valence-corrected chi connectivity index (χ2v) is 5.21. The minimum Gasteiger partial charge on any atom is -0.309 e. The van der Waals surface area contributed by atoms with Gasteiger partial charge in [-0.3, -0.25) is 4.79 Å². The van der Waals surface area contributed by atoms with Crippen molar-refractivity contribution in [3.63, 3.8) is 0 Å². The van der Waals surface area contributed by atoms with Gasteiger partial charge in [-0.25, -0.2) is 4.98 Å². The number of rotatable bonds is 2. The number of halogens is 1. The van der Waals surface area contributed by atoms with E-state index < -0.39 is 0 Å². The SMILES string of the molecule is CC(C)c1nc(-c2ccccc2)c(I)c(=O)[nH]1. The molecule has 0 fully saturated rings. The van der Waals surface area contributed by atoms with Gasteiger partial charge in [-0.15, -0.1) is 0 Å². The van der Waals surface area contributed by atoms with E-state index in [0.717, 1.165) is 17.1 Å². The summed E-state index contributed by atoms with van der Waals surface area (Å²) in [5.41, 5.74) is 1.67. The molecule has 1 heterocycles. The molecule has 3 nitrogen and oxygen atoms in total. The average molecular weight is 340 g/mol. The summed E-state index contributed by atoms with van der Waals surface area (Å²) in [6.07, 6.45) is 0. The van der Waals surface area contributed by atoms with E-state index >= 15 is 0 Å². The molecule has 2 rings (SSSR count). The highest BCUT2D eigenvalue weighted by molar-refractivity contribution is 14.1. The van der Waals surface area contributed by atoms with Crippen molar-refractivity contribution in [2.45, 2.75) is 19.8 Å². The molecule has 0 aliphatic rings. The Labute approximate surface area is 113 Å². The fourth-order valence-corrected chi connectivity index (χ4v) is 2.10. The Balaban J connectivity index is 2.65. The Morgan fingerprint density at radius 1 is 1.24 bits per heavy atom. The van der Waals surface area contributed by atoms with Crippen molar-refractivity contribution in [3.05, 3.63) is 50.1 Å². The van der Waals surface area contributed by atoms with E-state index in [1.807, 2.05) is 66.8 Å². The molecule has 0 saturated carbocycles. The summed E-state index contributed by atoms with van der Waals surface area (Å²) in [6.45, 7) is 4.03. The smallest absolute Gasteiger partial charge is 0.264 e. The highest BCUT2D eigenvalue weighted by atomic mass is 127. The zero-order chi connectivity index (χ0) is 12.4. The van der Waals surface area contributed by atoms with E-state index in [9.17, 15) is 4.79 Å². The molecule has 88 valence electrons. The third-order valence-corrected chi connectivity index (χ3v) is 3.48. The van der Waals surface area contributed by atoms with Crippen LogP contribution in [-0.4, -0.2) is 9.97 Å². The molecule has 1 aromatic heterocycles. The number of nitrogens with one attached hydrogen (secondary N) is 1. The number of nitrogens with zero attached hydrogens (tertiary/aromatic N) is 1. The van der Waals surface area contributed by atoms with Crippen LogP contribution in [0.3, 0.4) is 0 Å². The highest BCUT2D eigenvalue weighted by Gasteiger charge is 2.12. The van der Waals surface area contributed by atoms with Crippen molar-refractivity contribution < 1.29 is 0 Å². The van der Waals surface area contributed by atoms with Crippen molar-refractivity contribution in [2.24, 2.45) is 0 Å². The van der Waals surface area contributed by atoms with Crippen molar-refractivity contribution in [3.8, 4) is 11.3 Å². The molecule has 17 heavy (non-hydrogen) atoms. The molecular weight excluding hydrogens is 327 g/mol. The summed E-state index contributed by atoms with van der Waals surface area (Å²) in [6, 6.07) is 9.78. The van der Waals surface area contributed by atoms with Crippen LogP contribution in [0.2, 0.25) is 0 Å². The number of hydrogen-bond acceptors (Lipinski definition) is 2. The Morgan fingerprint density at radius 2 is 1.88 bits per heavy atom. The van der Waals surface area contributed by atoms with Crippen LogP contribution in [-0.2, 0) is 0 Å². The fourth-order valence-electron chi connectivity index (χ4n) is 1.54. The summed E-state index contributed by atoms with van der Waals surface area (Å²) in [5, 5.41) is 0. The van der Waals surface area contributed by atoms with E-state index in [-0.39, 0.29) is 11.5 Å². The molecule has 0 bridgehead atoms. The number of aromatic nitrogens is 2. The van der Waals surface area contributed by atoms with Crippen LogP contribution in [0.15, 0.2) is 35.1 Å². The van der Waals surface area contributed by atoms with Gasteiger partial charge in [-0.1, -0.05) is 44.2 Å². The van der Waals surface area contributed by atoms with Crippen LogP contribution in [0.4, 0.5) is 0 Å². The van der Waals surface area contributed by atoms with E-state index in [0.29, 0.717) is 3.57 Å². The van der Waals surface area contributed by atoms with Crippen LogP contribution in [0.5, 0.6) is 0 Å². The monoisotopic (exact) mass is 340 g/mol. The molecule has 0 unspecified atom stereocenters. The lowest BCUT2D eigenvalue weighted by molar-refractivity contribution is 0.766. The second-order valence-electron chi connectivity index (χ2n) is 4.13. The number of benzene rings is 1. The molecule has 0 radical (unpaired) electrons. The molecule has 0 saturated heterocycles. The van der Waals surface area contributed by atoms with Gasteiger partial charge >= 0.3 is 0 Å². The lowest BCUT2D eigenvalue weighted by Gasteiger charge is -2.08. The minimum absolute atomic E-state index is 0.0665. The molecule has 0 aliphatic heterocycles. The Morgan fingerprint density at radius 3 is 2.47 bits per heavy atom. The van der Waals surface area contributed by atoms with Gasteiger partial charge < -0.3 is 4.98 Å². The Kier molecular flexibility index (Phi) is 3.61. The van der Waals surface area contributed by atoms with Crippen LogP contribution in [0.25, 0.3) is 11.3 Å². The molecule has 4 heteroatoms. The summed E-state index contributed by atoms with van der Waals surface area (Å²) < 4.78 is 0.637. The first kappa shape index (κ1) is 12.3. The molecule has 0 amide bonds. The normalized spacial score (nSPS) is 10.8. The van der Waals surface area contributed by atoms with Gasteiger partial charge in [-0.2, -0.15) is 0 Å². The van der Waals surface area contributed by atoms with E-state index in [1.165, 1.54) is 0 Å². The van der Waals surface area contributed by atoms with Crippen molar-refractivity contribution in [1.29, 1.82) is 0 Å². The summed E-state index contributed by atoms with van der Waals surface area (Å²) in [4.78, 5) is 19.2. The summed E-state index contributed by atoms with van der Waals surface area (Å²) in [7, 11) is 0. The number of aromatic amines is 1. The zero-order valence-electron chi connectivity index (χ0n) is 9.70. The second kappa shape index (κ2) is 5.00. The van der Waals surface area contributed by atoms with Crippen LogP contribution in [0.1, 0.15) is 25.6 Å². The first-order valence-corrected chi connectivity index (χ1v) is 6.52. The van der Waals surface area contributed by atoms with Gasteiger partial charge in [0.25, 0.3) is 5.56 Å². The van der Waals surface area contributed by atoms with Gasteiger partial charge in [0.2, 0.25) is 0 Å². The van der Waals surface area contributed by atoms with E-state index in [1.54, 1.807) is 0 Å². The highest BCUT2D eigenvalue weighted by Crippen LogP contribution is 2.21. The molecule has 1 N–H and O–H groups in total. The summed E-state index contributed by atoms with van der Waals surface area (Å²) in [5.74, 6) is 0.941. The first-order chi connectivity index (χ1) is 8.09. The molecule has 0 atom stereocenters. The van der Waals surface area contributed by atoms with Crippen molar-refractivity contribution in [1.82, 2.24) is 9.97 Å². The average Bonchev–Trinajstić information content (AvgIpc) is 2.33. The molecular formula is C13H13IN2O. The van der Waals surface area contributed by atoms with Gasteiger partial charge in [0.1, 0.15) is 9.39 Å². The van der Waals surface area contributed by atoms with Crippen LogP contribution < -0.4 is 5.56 Å². The zero-order valence-corrected chi connectivity index (χ0v) is 11.9. The van der Waals surface area contributed by atoms with Gasteiger partial charge in [0.15, 0.2) is 0 Å². The van der Waals surface area contributed by atoms with Crippen molar-refractivity contribution in [2.75, 3.05) is 0 Å². The van der Waals surface area contributed by atoms with E-state index in [2.05, 4.69) is 9.97 Å². The maximum Gasteiger partial charge on any atom is 0.264 e. The van der Waals surface area contributed by atoms with Crippen LogP contribution in [0, 0.1) is 3.57 Å². The molecule has 2 aromatic rings. The quantitative estimate of drug-likeness (QED) is 0.854. The van der Waals surface area contributed by atoms with Gasteiger partial charge in [-0.05, 0) is 22.6 Å². The molecule has 0 spiro atoms. The number of hydrogen-bond donors (Lipinski definition) is 1. The predicted molar refractivity (Wildman–Crippen MR) is 77.1 cm³/mol. The third kappa shape index (κ3) is 2.57. The number of H-pyrrole nitrogens is 1. The molecule has 1 aromatic carbocycles. The molecule has 0 aliphatic carbocycles. The standard InChI is InChI=1S/C13H13IN2O/c1-8(2)12-15-11(10(14)13(17)16-12)9-6-4-3-5-7-9/h3-8H,1-2H3,(H,15,16,17). The summed E-state index contributed by atoms with van der Waals surface area (Å²) >= 11 is 2.04. The fraction of sp³-hybridized carbons (Fsp3) is 0.231. The van der Waals surface area contributed by atoms with E-state index in [4.69, 9.17) is 0 Å². The third-order valence-electron chi connectivity index (χ3n) is 2.48. The lowest BCUT2D eigenvalue weighted by atomic mass is 10.1. The van der Waals surface area contributed by atoms with Gasteiger partial charge in [0.05, 0.1) is 5.69 Å². The minimum atomic E-state index is -0.0665. The maximum absolute atomic E-state index is 11.8. The first-order valence-electron chi connectivity index (χ1n) is 5.44. The predicted octanol–water partition coefficient (Wildman–Crippen LogP) is 3.16.